The van der Waals surface area contributed by atoms with E-state index >= 15 is 0 Å². The summed E-state index contributed by atoms with van der Waals surface area (Å²) >= 11 is 0. The van der Waals surface area contributed by atoms with Crippen LogP contribution in [-0.2, 0) is 25.8 Å². The second-order valence-corrected chi connectivity index (χ2v) is 2.41. The molecule has 1 aliphatic carbocycles. The Hall–Kier alpha value is 0.930. The van der Waals surface area contributed by atoms with Gasteiger partial charge >= 0.3 is 0 Å². The molecular formula is C8H13Cl2Hf-. The summed E-state index contributed by atoms with van der Waals surface area (Å²) in [5.41, 5.74) is 2.70. The van der Waals surface area contributed by atoms with Crippen LogP contribution in [0.15, 0.2) is 17.2 Å². The first-order valence-corrected chi connectivity index (χ1v) is 2.99. The topological polar surface area (TPSA) is 0 Å². The van der Waals surface area contributed by atoms with E-state index in [4.69, 9.17) is 0 Å². The Morgan fingerprint density at radius 2 is 1.73 bits per heavy atom. The second kappa shape index (κ2) is 7.57. The summed E-state index contributed by atoms with van der Waals surface area (Å²) in [7, 11) is 0. The van der Waals surface area contributed by atoms with Gasteiger partial charge in [-0.1, -0.05) is 19.8 Å². The maximum absolute atomic E-state index is 3.29. The van der Waals surface area contributed by atoms with Crippen LogP contribution in [0.4, 0.5) is 0 Å². The standard InChI is InChI=1S/C8H11.2ClH.Hf/c1-6-4-7(2)8(3)5-6;;;/h4,6H,1-3H3;2*1H;/q-1;;;. The Labute approximate surface area is 100 Å². The fourth-order valence-corrected chi connectivity index (χ4v) is 0.997. The van der Waals surface area contributed by atoms with E-state index in [1.165, 1.54) is 11.1 Å². The minimum absolute atomic E-state index is 0. The van der Waals surface area contributed by atoms with Crippen molar-refractivity contribution < 1.29 is 25.8 Å². The monoisotopic (exact) mass is 359 g/mol. The maximum Gasteiger partial charge on any atom is 0 e. The number of rotatable bonds is 0. The Morgan fingerprint density at radius 1 is 1.27 bits per heavy atom. The normalized spacial score (nSPS) is 20.1. The van der Waals surface area contributed by atoms with Crippen molar-refractivity contribution in [1.82, 2.24) is 0 Å². The van der Waals surface area contributed by atoms with Crippen molar-refractivity contribution in [2.24, 2.45) is 5.92 Å². The van der Waals surface area contributed by atoms with Crippen molar-refractivity contribution in [2.75, 3.05) is 0 Å². The molecule has 0 N–H and O–H groups in total. The number of allylic oxidation sites excluding steroid dienone is 4. The molecule has 0 aromatic heterocycles. The molecule has 0 nitrogen and oxygen atoms in total. The van der Waals surface area contributed by atoms with Crippen LogP contribution in [0.25, 0.3) is 0 Å². The third-order valence-corrected chi connectivity index (χ3v) is 1.54. The van der Waals surface area contributed by atoms with Crippen LogP contribution >= 0.6 is 24.8 Å². The van der Waals surface area contributed by atoms with Crippen LogP contribution in [0.3, 0.4) is 0 Å². The molecule has 0 saturated heterocycles. The van der Waals surface area contributed by atoms with Crippen LogP contribution in [0.2, 0.25) is 0 Å². The molecule has 0 radical (unpaired) electrons. The molecule has 0 heterocycles. The first kappa shape index (κ1) is 17.9. The molecule has 1 atom stereocenters. The van der Waals surface area contributed by atoms with E-state index in [1.807, 2.05) is 0 Å². The van der Waals surface area contributed by atoms with Gasteiger partial charge in [0.2, 0.25) is 0 Å². The Balaban J connectivity index is -0.000000213. The van der Waals surface area contributed by atoms with Crippen LogP contribution in [0.5, 0.6) is 0 Å². The molecule has 0 aliphatic heterocycles. The van der Waals surface area contributed by atoms with E-state index in [9.17, 15) is 0 Å². The van der Waals surface area contributed by atoms with Gasteiger partial charge in [-0.25, -0.2) is 11.1 Å². The zero-order chi connectivity index (χ0) is 6.15. The average Bonchev–Trinajstić information content (AvgIpc) is 1.85. The van der Waals surface area contributed by atoms with Crippen molar-refractivity contribution in [1.29, 1.82) is 0 Å². The van der Waals surface area contributed by atoms with E-state index in [2.05, 4.69) is 32.9 Å². The molecule has 0 fully saturated rings. The van der Waals surface area contributed by atoms with Gasteiger partial charge in [-0.05, 0) is 0 Å². The van der Waals surface area contributed by atoms with Crippen molar-refractivity contribution in [3.8, 4) is 0 Å². The van der Waals surface area contributed by atoms with Crippen LogP contribution < -0.4 is 0 Å². The van der Waals surface area contributed by atoms with Crippen molar-refractivity contribution >= 4 is 24.8 Å². The summed E-state index contributed by atoms with van der Waals surface area (Å²) in [6.45, 7) is 6.39. The van der Waals surface area contributed by atoms with Gasteiger partial charge in [0, 0.05) is 25.8 Å². The summed E-state index contributed by atoms with van der Waals surface area (Å²) in [4.78, 5) is 0. The quantitative estimate of drug-likeness (QED) is 0.461. The smallest absolute Gasteiger partial charge is 0 e. The summed E-state index contributed by atoms with van der Waals surface area (Å²) in [6, 6.07) is 0. The van der Waals surface area contributed by atoms with Gasteiger partial charge in [0.05, 0.1) is 0 Å². The predicted molar refractivity (Wildman–Crippen MR) is 49.8 cm³/mol. The first-order chi connectivity index (χ1) is 3.70. The van der Waals surface area contributed by atoms with Crippen molar-refractivity contribution in [2.45, 2.75) is 20.8 Å². The molecule has 1 unspecified atom stereocenters. The van der Waals surface area contributed by atoms with Crippen LogP contribution in [0, 0.1) is 12.0 Å². The van der Waals surface area contributed by atoms with Gasteiger partial charge in [-0.2, -0.15) is 6.08 Å². The number of halogens is 2. The molecule has 0 aromatic rings. The van der Waals surface area contributed by atoms with Gasteiger partial charge in [0.1, 0.15) is 0 Å². The third-order valence-electron chi connectivity index (χ3n) is 1.54. The molecule has 64 valence electrons. The zero-order valence-electron chi connectivity index (χ0n) is 6.97. The van der Waals surface area contributed by atoms with E-state index in [1.54, 1.807) is 0 Å². The SMILES string of the molecule is CC1=[C-]C(C)C=C1C.Cl.Cl.[Hf]. The molecule has 0 spiro atoms. The molecule has 3 heteroatoms. The molecule has 1 rings (SSSR count). The molecule has 0 aromatic carbocycles. The van der Waals surface area contributed by atoms with Gasteiger partial charge in [0.15, 0.2) is 0 Å². The van der Waals surface area contributed by atoms with Crippen LogP contribution in [-0.4, -0.2) is 0 Å². The molecule has 0 bridgehead atoms. The van der Waals surface area contributed by atoms with Gasteiger partial charge < -0.3 is 0 Å². The molecule has 11 heavy (non-hydrogen) atoms. The summed E-state index contributed by atoms with van der Waals surface area (Å²) < 4.78 is 0. The Bertz CT molecular complexity index is 143. The predicted octanol–water partition coefficient (Wildman–Crippen LogP) is 3.17. The summed E-state index contributed by atoms with van der Waals surface area (Å²) in [5.74, 6) is 0.551. The summed E-state index contributed by atoms with van der Waals surface area (Å²) in [5, 5.41) is 0. The number of hydrogen-bond donors (Lipinski definition) is 0. The second-order valence-electron chi connectivity index (χ2n) is 2.41. The van der Waals surface area contributed by atoms with E-state index in [-0.39, 0.29) is 50.7 Å². The zero-order valence-corrected chi connectivity index (χ0v) is 12.2. The largest absolute Gasteiger partial charge is 0.266 e. The van der Waals surface area contributed by atoms with Crippen molar-refractivity contribution in [3.63, 3.8) is 0 Å². The van der Waals surface area contributed by atoms with Crippen molar-refractivity contribution in [3.05, 3.63) is 23.3 Å². The Kier molecular flexibility index (Phi) is 12.3. The minimum atomic E-state index is 0. The fraction of sp³-hybridized carbons (Fsp3) is 0.500. The molecule has 0 amide bonds. The van der Waals surface area contributed by atoms with Crippen LogP contribution in [0.1, 0.15) is 20.8 Å². The third kappa shape index (κ3) is 5.21. The van der Waals surface area contributed by atoms with E-state index in [0.29, 0.717) is 5.92 Å². The Morgan fingerprint density at radius 3 is 1.82 bits per heavy atom. The van der Waals surface area contributed by atoms with E-state index < -0.39 is 0 Å². The van der Waals surface area contributed by atoms with Gasteiger partial charge in [0.25, 0.3) is 0 Å². The van der Waals surface area contributed by atoms with Gasteiger partial charge in [-0.15, -0.1) is 31.7 Å². The van der Waals surface area contributed by atoms with Gasteiger partial charge in [-0.3, -0.25) is 6.08 Å². The molecule has 0 saturated carbocycles. The fourth-order valence-electron chi connectivity index (χ4n) is 0.997. The average molecular weight is 359 g/mol. The minimum Gasteiger partial charge on any atom is -0.266 e. The molecular weight excluding hydrogens is 345 g/mol. The van der Waals surface area contributed by atoms with E-state index in [0.717, 1.165) is 0 Å². The maximum atomic E-state index is 3.29. The summed E-state index contributed by atoms with van der Waals surface area (Å²) in [6.07, 6.45) is 5.52. The molecule has 1 aliphatic rings. The first-order valence-electron chi connectivity index (χ1n) is 2.99. The number of hydrogen-bond acceptors (Lipinski definition) is 0.